The first kappa shape index (κ1) is 10.1. The summed E-state index contributed by atoms with van der Waals surface area (Å²) in [6.45, 7) is -0.0746. The van der Waals surface area contributed by atoms with Gasteiger partial charge < -0.3 is 4.90 Å². The molecular formula is C6H9F3N2O2. The molecule has 0 aromatic heterocycles. The van der Waals surface area contributed by atoms with Crippen LogP contribution < -0.4 is 0 Å². The van der Waals surface area contributed by atoms with Gasteiger partial charge in [0.1, 0.15) is 0 Å². The van der Waals surface area contributed by atoms with E-state index in [0.29, 0.717) is 0 Å². The fourth-order valence-electron chi connectivity index (χ4n) is 1.10. The van der Waals surface area contributed by atoms with Crippen molar-refractivity contribution in [2.24, 2.45) is 0 Å². The molecule has 2 amide bonds. The summed E-state index contributed by atoms with van der Waals surface area (Å²) in [6, 6.07) is -0.478. The van der Waals surface area contributed by atoms with E-state index < -0.39 is 18.6 Å². The molecule has 1 atom stereocenters. The van der Waals surface area contributed by atoms with Crippen molar-refractivity contribution in [3.63, 3.8) is 0 Å². The summed E-state index contributed by atoms with van der Waals surface area (Å²) >= 11 is 0. The lowest BCUT2D eigenvalue weighted by Crippen LogP contribution is -2.36. The maximum absolute atomic E-state index is 11.8. The highest BCUT2D eigenvalue weighted by Crippen LogP contribution is 2.23. The average molecular weight is 198 g/mol. The van der Waals surface area contributed by atoms with Gasteiger partial charge in [0.05, 0.1) is 6.54 Å². The maximum Gasteiger partial charge on any atom is 0.524 e. The third kappa shape index (κ3) is 2.24. The molecule has 0 radical (unpaired) electrons. The summed E-state index contributed by atoms with van der Waals surface area (Å²) in [5, 5.41) is 0. The quantitative estimate of drug-likeness (QED) is 0.625. The van der Waals surface area contributed by atoms with Gasteiger partial charge in [-0.25, -0.2) is 4.79 Å². The number of urea groups is 1. The van der Waals surface area contributed by atoms with Crippen molar-refractivity contribution in [2.45, 2.75) is 12.6 Å². The third-order valence-corrected chi connectivity index (χ3v) is 1.76. The number of ether oxygens (including phenoxy) is 1. The Morgan fingerprint density at radius 1 is 1.46 bits per heavy atom. The Labute approximate surface area is 72.8 Å². The molecule has 1 aliphatic heterocycles. The number of amides is 2. The molecule has 1 aliphatic rings. The fraction of sp³-hybridized carbons (Fsp3) is 0.833. The van der Waals surface area contributed by atoms with Crippen LogP contribution in [0.25, 0.3) is 0 Å². The predicted octanol–water partition coefficient (Wildman–Crippen LogP) is 0.846. The minimum Gasteiger partial charge on any atom is -0.323 e. The fourth-order valence-corrected chi connectivity index (χ4v) is 1.10. The normalized spacial score (nSPS) is 24.4. The minimum atomic E-state index is -4.70. The van der Waals surface area contributed by atoms with Gasteiger partial charge in [-0.15, -0.1) is 13.2 Å². The SMILES string of the molecule is CN1CC(OC(F)(F)F)N(C)C1=O. The third-order valence-electron chi connectivity index (χ3n) is 1.76. The lowest BCUT2D eigenvalue weighted by molar-refractivity contribution is -0.352. The zero-order valence-corrected chi connectivity index (χ0v) is 7.13. The zero-order chi connectivity index (χ0) is 10.2. The van der Waals surface area contributed by atoms with Gasteiger partial charge in [-0.05, 0) is 0 Å². The number of carbonyl (C=O) groups excluding carboxylic acids is 1. The van der Waals surface area contributed by atoms with Crippen LogP contribution in [0.1, 0.15) is 0 Å². The number of nitrogens with zero attached hydrogens (tertiary/aromatic N) is 2. The number of likely N-dealkylation sites (N-methyl/N-ethyl adjacent to an activating group) is 2. The van der Waals surface area contributed by atoms with Crippen LogP contribution in [-0.4, -0.2) is 49.1 Å². The number of rotatable bonds is 1. The number of alkyl halides is 3. The summed E-state index contributed by atoms with van der Waals surface area (Å²) in [4.78, 5) is 13.1. The topological polar surface area (TPSA) is 32.8 Å². The Balaban J connectivity index is 2.59. The van der Waals surface area contributed by atoms with Crippen molar-refractivity contribution >= 4 is 6.03 Å². The minimum absolute atomic E-state index is 0.0746. The summed E-state index contributed by atoms with van der Waals surface area (Å²) in [7, 11) is 2.68. The number of hydrogen-bond acceptors (Lipinski definition) is 2. The second-order valence-corrected chi connectivity index (χ2v) is 2.79. The smallest absolute Gasteiger partial charge is 0.323 e. The zero-order valence-electron chi connectivity index (χ0n) is 7.13. The molecule has 0 aliphatic carbocycles. The van der Waals surface area contributed by atoms with Crippen molar-refractivity contribution in [1.29, 1.82) is 0 Å². The van der Waals surface area contributed by atoms with Gasteiger partial charge in [0.15, 0.2) is 6.23 Å². The molecule has 0 aromatic carbocycles. The van der Waals surface area contributed by atoms with Crippen LogP contribution in [0.3, 0.4) is 0 Å². The Hall–Kier alpha value is -0.980. The first-order valence-corrected chi connectivity index (χ1v) is 3.54. The van der Waals surface area contributed by atoms with Crippen molar-refractivity contribution in [2.75, 3.05) is 20.6 Å². The Morgan fingerprint density at radius 3 is 2.31 bits per heavy atom. The maximum atomic E-state index is 11.8. The molecule has 1 rings (SSSR count). The van der Waals surface area contributed by atoms with E-state index in [0.717, 1.165) is 9.80 Å². The second-order valence-electron chi connectivity index (χ2n) is 2.79. The second kappa shape index (κ2) is 3.06. The summed E-state index contributed by atoms with van der Waals surface area (Å²) in [6.07, 6.45) is -5.94. The largest absolute Gasteiger partial charge is 0.524 e. The van der Waals surface area contributed by atoms with E-state index in [-0.39, 0.29) is 6.54 Å². The van der Waals surface area contributed by atoms with Crippen molar-refractivity contribution in [3.8, 4) is 0 Å². The van der Waals surface area contributed by atoms with Gasteiger partial charge in [-0.2, -0.15) is 0 Å². The molecule has 0 aromatic rings. The molecule has 0 spiro atoms. The monoisotopic (exact) mass is 198 g/mol. The lowest BCUT2D eigenvalue weighted by Gasteiger charge is -2.19. The van der Waals surface area contributed by atoms with Gasteiger partial charge >= 0.3 is 12.4 Å². The van der Waals surface area contributed by atoms with E-state index in [1.807, 2.05) is 0 Å². The molecule has 13 heavy (non-hydrogen) atoms. The van der Waals surface area contributed by atoms with E-state index >= 15 is 0 Å². The van der Waals surface area contributed by atoms with Crippen LogP contribution in [0.4, 0.5) is 18.0 Å². The molecule has 7 heteroatoms. The highest BCUT2D eigenvalue weighted by molar-refractivity contribution is 5.76. The molecular weight excluding hydrogens is 189 g/mol. The van der Waals surface area contributed by atoms with Crippen molar-refractivity contribution in [3.05, 3.63) is 0 Å². The average Bonchev–Trinajstić information content (AvgIpc) is 2.15. The van der Waals surface area contributed by atoms with E-state index in [1.165, 1.54) is 14.1 Å². The van der Waals surface area contributed by atoms with E-state index in [2.05, 4.69) is 4.74 Å². The highest BCUT2D eigenvalue weighted by Gasteiger charge is 2.41. The van der Waals surface area contributed by atoms with Crippen LogP contribution in [0.15, 0.2) is 0 Å². The predicted molar refractivity (Wildman–Crippen MR) is 36.7 cm³/mol. The summed E-state index contributed by atoms with van der Waals surface area (Å²) in [5.74, 6) is 0. The molecule has 0 saturated carbocycles. The van der Waals surface area contributed by atoms with Crippen molar-refractivity contribution < 1.29 is 22.7 Å². The Morgan fingerprint density at radius 2 is 2.00 bits per heavy atom. The Kier molecular flexibility index (Phi) is 2.38. The lowest BCUT2D eigenvalue weighted by atomic mass is 10.5. The van der Waals surface area contributed by atoms with E-state index in [9.17, 15) is 18.0 Å². The van der Waals surface area contributed by atoms with Gasteiger partial charge in [-0.3, -0.25) is 9.64 Å². The molecule has 1 fully saturated rings. The van der Waals surface area contributed by atoms with E-state index in [1.54, 1.807) is 0 Å². The summed E-state index contributed by atoms with van der Waals surface area (Å²) < 4.78 is 39.0. The Bertz CT molecular complexity index is 218. The molecule has 4 nitrogen and oxygen atoms in total. The van der Waals surface area contributed by atoms with Crippen LogP contribution in [-0.2, 0) is 4.74 Å². The number of carbonyl (C=O) groups is 1. The number of hydrogen-bond donors (Lipinski definition) is 0. The van der Waals surface area contributed by atoms with E-state index in [4.69, 9.17) is 0 Å². The van der Waals surface area contributed by atoms with Crippen LogP contribution in [0.5, 0.6) is 0 Å². The van der Waals surface area contributed by atoms with Crippen molar-refractivity contribution in [1.82, 2.24) is 9.80 Å². The molecule has 76 valence electrons. The molecule has 1 saturated heterocycles. The summed E-state index contributed by atoms with van der Waals surface area (Å²) in [5.41, 5.74) is 0. The van der Waals surface area contributed by atoms with Gasteiger partial charge in [0, 0.05) is 14.1 Å². The van der Waals surface area contributed by atoms with Gasteiger partial charge in [0.2, 0.25) is 0 Å². The number of halogens is 3. The molecule has 0 N–H and O–H groups in total. The van der Waals surface area contributed by atoms with Gasteiger partial charge in [-0.1, -0.05) is 0 Å². The molecule has 1 heterocycles. The first-order chi connectivity index (χ1) is 5.81. The first-order valence-electron chi connectivity index (χ1n) is 3.54. The molecule has 1 unspecified atom stereocenters. The van der Waals surface area contributed by atoms with Crippen LogP contribution in [0.2, 0.25) is 0 Å². The highest BCUT2D eigenvalue weighted by atomic mass is 19.4. The standard InChI is InChI=1S/C6H9F3N2O2/c1-10-3-4(11(2)5(10)12)13-6(7,8)9/h4H,3H2,1-2H3. The van der Waals surface area contributed by atoms with Crippen LogP contribution in [0, 0.1) is 0 Å². The molecule has 0 bridgehead atoms. The van der Waals surface area contributed by atoms with Crippen LogP contribution >= 0.6 is 0 Å². The van der Waals surface area contributed by atoms with Gasteiger partial charge in [0.25, 0.3) is 0 Å².